The quantitative estimate of drug-likeness (QED) is 0.905. The highest BCUT2D eigenvalue weighted by molar-refractivity contribution is 7.91. The number of rotatable bonds is 3. The molecule has 1 unspecified atom stereocenters. The number of benzene rings is 1. The zero-order chi connectivity index (χ0) is 13.9. The van der Waals surface area contributed by atoms with E-state index in [1.54, 1.807) is 0 Å². The van der Waals surface area contributed by atoms with Crippen molar-refractivity contribution >= 4 is 15.5 Å². The molecule has 1 aromatic rings. The average Bonchev–Trinajstić information content (AvgIpc) is 2.50. The standard InChI is InChI=1S/C14H22N2O2S/c1-12(15)11-13-5-2-3-6-14(13)16-7-4-9-19(17,18)10-8-16/h2-3,5-6,12H,4,7-11,15H2,1H3. The largest absolute Gasteiger partial charge is 0.370 e. The zero-order valence-corrected chi connectivity index (χ0v) is 12.2. The van der Waals surface area contributed by atoms with Gasteiger partial charge in [-0.05, 0) is 31.4 Å². The van der Waals surface area contributed by atoms with Gasteiger partial charge in [-0.1, -0.05) is 18.2 Å². The lowest BCUT2D eigenvalue weighted by molar-refractivity contribution is 0.597. The van der Waals surface area contributed by atoms with Gasteiger partial charge in [-0.2, -0.15) is 0 Å². The Morgan fingerprint density at radius 3 is 2.74 bits per heavy atom. The summed E-state index contributed by atoms with van der Waals surface area (Å²) in [6.07, 6.45) is 1.52. The van der Waals surface area contributed by atoms with Crippen molar-refractivity contribution < 1.29 is 8.42 Å². The number of para-hydroxylation sites is 1. The Labute approximate surface area is 115 Å². The second kappa shape index (κ2) is 5.92. The molecule has 1 heterocycles. The average molecular weight is 282 g/mol. The van der Waals surface area contributed by atoms with Gasteiger partial charge in [0, 0.05) is 24.8 Å². The van der Waals surface area contributed by atoms with Gasteiger partial charge < -0.3 is 10.6 Å². The molecule has 106 valence electrons. The SMILES string of the molecule is CC(N)Cc1ccccc1N1CCCS(=O)(=O)CC1. The summed E-state index contributed by atoms with van der Waals surface area (Å²) >= 11 is 0. The third kappa shape index (κ3) is 3.94. The monoisotopic (exact) mass is 282 g/mol. The van der Waals surface area contributed by atoms with Gasteiger partial charge in [0.2, 0.25) is 0 Å². The lowest BCUT2D eigenvalue weighted by Gasteiger charge is -2.25. The smallest absolute Gasteiger partial charge is 0.152 e. The molecule has 0 spiro atoms. The maximum absolute atomic E-state index is 11.7. The summed E-state index contributed by atoms with van der Waals surface area (Å²) in [6, 6.07) is 8.26. The fourth-order valence-corrected chi connectivity index (χ4v) is 3.79. The molecule has 0 bridgehead atoms. The minimum atomic E-state index is -2.86. The Kier molecular flexibility index (Phi) is 4.47. The fourth-order valence-electron chi connectivity index (χ4n) is 2.52. The first-order chi connectivity index (χ1) is 8.98. The van der Waals surface area contributed by atoms with Crippen LogP contribution in [0.4, 0.5) is 5.69 Å². The van der Waals surface area contributed by atoms with Gasteiger partial charge in [-0.25, -0.2) is 8.42 Å². The van der Waals surface area contributed by atoms with Gasteiger partial charge in [-0.15, -0.1) is 0 Å². The number of sulfone groups is 1. The lowest BCUT2D eigenvalue weighted by atomic mass is 10.0. The Morgan fingerprint density at radius 1 is 1.26 bits per heavy atom. The van der Waals surface area contributed by atoms with Gasteiger partial charge >= 0.3 is 0 Å². The van der Waals surface area contributed by atoms with E-state index in [-0.39, 0.29) is 11.8 Å². The molecule has 1 aliphatic heterocycles. The number of anilines is 1. The summed E-state index contributed by atoms with van der Waals surface area (Å²) in [5, 5.41) is 0. The van der Waals surface area contributed by atoms with Crippen LogP contribution < -0.4 is 10.6 Å². The summed E-state index contributed by atoms with van der Waals surface area (Å²) in [6.45, 7) is 3.37. The van der Waals surface area contributed by atoms with Crippen LogP contribution in [0.1, 0.15) is 18.9 Å². The van der Waals surface area contributed by atoms with Crippen LogP contribution in [0.3, 0.4) is 0 Å². The molecule has 4 nitrogen and oxygen atoms in total. The molecule has 0 aliphatic carbocycles. The molecular weight excluding hydrogens is 260 g/mol. The predicted octanol–water partition coefficient (Wildman–Crippen LogP) is 1.20. The topological polar surface area (TPSA) is 63.4 Å². The molecule has 2 N–H and O–H groups in total. The summed E-state index contributed by atoms with van der Waals surface area (Å²) in [4.78, 5) is 2.18. The molecule has 0 amide bonds. The molecule has 1 atom stereocenters. The molecule has 1 fully saturated rings. The molecule has 5 heteroatoms. The highest BCUT2D eigenvalue weighted by Crippen LogP contribution is 2.23. The zero-order valence-electron chi connectivity index (χ0n) is 11.4. The number of hydrogen-bond donors (Lipinski definition) is 1. The van der Waals surface area contributed by atoms with E-state index in [1.807, 2.05) is 19.1 Å². The third-order valence-corrected chi connectivity index (χ3v) is 5.15. The summed E-state index contributed by atoms with van der Waals surface area (Å²) in [5.74, 6) is 0.554. The van der Waals surface area contributed by atoms with Gasteiger partial charge in [0.15, 0.2) is 9.84 Å². The van der Waals surface area contributed by atoms with Gasteiger partial charge in [0.25, 0.3) is 0 Å². The van der Waals surface area contributed by atoms with Crippen LogP contribution in [-0.2, 0) is 16.3 Å². The molecule has 19 heavy (non-hydrogen) atoms. The highest BCUT2D eigenvalue weighted by Gasteiger charge is 2.20. The van der Waals surface area contributed by atoms with Gasteiger partial charge in [0.1, 0.15) is 0 Å². The lowest BCUT2D eigenvalue weighted by Crippen LogP contribution is -2.28. The van der Waals surface area contributed by atoms with Crippen molar-refractivity contribution in [2.75, 3.05) is 29.5 Å². The minimum Gasteiger partial charge on any atom is -0.370 e. The van der Waals surface area contributed by atoms with Crippen LogP contribution in [-0.4, -0.2) is 39.1 Å². The van der Waals surface area contributed by atoms with Crippen molar-refractivity contribution in [3.63, 3.8) is 0 Å². The van der Waals surface area contributed by atoms with Crippen molar-refractivity contribution in [3.05, 3.63) is 29.8 Å². The first-order valence-corrected chi connectivity index (χ1v) is 8.59. The van der Waals surface area contributed by atoms with Crippen molar-refractivity contribution in [2.24, 2.45) is 5.73 Å². The second-order valence-corrected chi connectivity index (χ2v) is 7.61. The Hall–Kier alpha value is -1.07. The number of hydrogen-bond acceptors (Lipinski definition) is 4. The van der Waals surface area contributed by atoms with E-state index in [4.69, 9.17) is 5.73 Å². The van der Waals surface area contributed by atoms with E-state index in [1.165, 1.54) is 5.56 Å². The van der Waals surface area contributed by atoms with Crippen LogP contribution in [0, 0.1) is 0 Å². The van der Waals surface area contributed by atoms with Crippen LogP contribution in [0.5, 0.6) is 0 Å². The second-order valence-electron chi connectivity index (χ2n) is 5.30. The summed E-state index contributed by atoms with van der Waals surface area (Å²) in [7, 11) is -2.86. The van der Waals surface area contributed by atoms with E-state index < -0.39 is 9.84 Å². The van der Waals surface area contributed by atoms with Crippen LogP contribution in [0.2, 0.25) is 0 Å². The number of nitrogens with two attached hydrogens (primary N) is 1. The van der Waals surface area contributed by atoms with E-state index in [9.17, 15) is 8.42 Å². The Morgan fingerprint density at radius 2 is 2.00 bits per heavy atom. The summed E-state index contributed by atoms with van der Waals surface area (Å²) in [5.41, 5.74) is 8.22. The first-order valence-electron chi connectivity index (χ1n) is 6.77. The highest BCUT2D eigenvalue weighted by atomic mass is 32.2. The third-order valence-electron chi connectivity index (χ3n) is 3.43. The van der Waals surface area contributed by atoms with Crippen molar-refractivity contribution in [3.8, 4) is 0 Å². The molecule has 0 aromatic heterocycles. The normalized spacial score (nSPS) is 20.8. The minimum absolute atomic E-state index is 0.108. The molecule has 2 rings (SSSR count). The van der Waals surface area contributed by atoms with Crippen LogP contribution in [0.15, 0.2) is 24.3 Å². The molecule has 0 radical (unpaired) electrons. The van der Waals surface area contributed by atoms with Crippen LogP contribution >= 0.6 is 0 Å². The van der Waals surface area contributed by atoms with E-state index >= 15 is 0 Å². The molecule has 1 saturated heterocycles. The number of nitrogens with zero attached hydrogens (tertiary/aromatic N) is 1. The first kappa shape index (κ1) is 14.3. The van der Waals surface area contributed by atoms with E-state index in [0.29, 0.717) is 18.7 Å². The Bertz CT molecular complexity index is 526. The van der Waals surface area contributed by atoms with Crippen molar-refractivity contribution in [1.29, 1.82) is 0 Å². The summed E-state index contributed by atoms with van der Waals surface area (Å²) < 4.78 is 23.3. The molecular formula is C14H22N2O2S. The molecule has 1 aromatic carbocycles. The van der Waals surface area contributed by atoms with Crippen LogP contribution in [0.25, 0.3) is 0 Å². The Balaban J connectivity index is 2.21. The molecule has 0 saturated carbocycles. The van der Waals surface area contributed by atoms with E-state index in [0.717, 1.165) is 18.7 Å². The van der Waals surface area contributed by atoms with E-state index in [2.05, 4.69) is 17.0 Å². The predicted molar refractivity (Wildman–Crippen MR) is 79.3 cm³/mol. The maximum atomic E-state index is 11.7. The fraction of sp³-hybridized carbons (Fsp3) is 0.571. The maximum Gasteiger partial charge on any atom is 0.152 e. The van der Waals surface area contributed by atoms with Crippen molar-refractivity contribution in [1.82, 2.24) is 0 Å². The van der Waals surface area contributed by atoms with Gasteiger partial charge in [-0.3, -0.25) is 0 Å². The van der Waals surface area contributed by atoms with Gasteiger partial charge in [0.05, 0.1) is 11.5 Å². The van der Waals surface area contributed by atoms with Crippen molar-refractivity contribution in [2.45, 2.75) is 25.8 Å². The molecule has 1 aliphatic rings.